The van der Waals surface area contributed by atoms with Crippen LogP contribution in [0.5, 0.6) is 0 Å². The van der Waals surface area contributed by atoms with Crippen LogP contribution in [0.25, 0.3) is 0 Å². The summed E-state index contributed by atoms with van der Waals surface area (Å²) in [6.45, 7) is 1.53. The van der Waals surface area contributed by atoms with Gasteiger partial charge in [0.25, 0.3) is 0 Å². The van der Waals surface area contributed by atoms with Gasteiger partial charge in [0.05, 0.1) is 18.1 Å². The highest BCUT2D eigenvalue weighted by atomic mass is 16.5. The largest absolute Gasteiger partial charge is 0.465 e. The number of likely N-dealkylation sites (tertiary alicyclic amines) is 1. The van der Waals surface area contributed by atoms with Crippen molar-refractivity contribution in [2.75, 3.05) is 13.7 Å². The normalized spacial score (nSPS) is 21.8. The number of aryl methyl sites for hydroxylation is 1. The standard InChI is InChI=1S/C23H25NO3/c1-27-21(25)19-8-9-20-15-23(12-10-18(20)14-19)11-5-13-24(22(23)26)16-17-6-3-2-4-7-17/h2-4,6-9,14H,5,10-13,15-16H2,1H3. The lowest BCUT2D eigenvalue weighted by Gasteiger charge is -2.44. The molecule has 1 spiro atoms. The maximum absolute atomic E-state index is 13.4. The number of fused-ring (bicyclic) bond motifs is 1. The van der Waals surface area contributed by atoms with Gasteiger partial charge < -0.3 is 9.64 Å². The fourth-order valence-corrected chi connectivity index (χ4v) is 4.61. The van der Waals surface area contributed by atoms with Crippen molar-refractivity contribution in [3.8, 4) is 0 Å². The zero-order valence-corrected chi connectivity index (χ0v) is 15.7. The molecule has 1 saturated heterocycles. The Morgan fingerprint density at radius 3 is 2.70 bits per heavy atom. The first-order valence-corrected chi connectivity index (χ1v) is 9.65. The highest BCUT2D eigenvalue weighted by Gasteiger charge is 2.45. The molecular weight excluding hydrogens is 338 g/mol. The zero-order valence-electron chi connectivity index (χ0n) is 15.7. The molecule has 2 aromatic rings. The van der Waals surface area contributed by atoms with E-state index < -0.39 is 0 Å². The summed E-state index contributed by atoms with van der Waals surface area (Å²) in [4.78, 5) is 27.2. The Morgan fingerprint density at radius 2 is 1.93 bits per heavy atom. The maximum atomic E-state index is 13.4. The van der Waals surface area contributed by atoms with Crippen LogP contribution in [-0.4, -0.2) is 30.4 Å². The van der Waals surface area contributed by atoms with Crippen LogP contribution in [0, 0.1) is 5.41 Å². The molecule has 1 fully saturated rings. The number of piperidine rings is 1. The molecule has 1 amide bonds. The van der Waals surface area contributed by atoms with Crippen LogP contribution >= 0.6 is 0 Å². The van der Waals surface area contributed by atoms with E-state index in [2.05, 4.69) is 12.1 Å². The summed E-state index contributed by atoms with van der Waals surface area (Å²) in [5.74, 6) is -0.0128. The van der Waals surface area contributed by atoms with Crippen molar-refractivity contribution in [3.63, 3.8) is 0 Å². The van der Waals surface area contributed by atoms with Gasteiger partial charge in [0.2, 0.25) is 5.91 Å². The smallest absolute Gasteiger partial charge is 0.337 e. The summed E-state index contributed by atoms with van der Waals surface area (Å²) in [5, 5.41) is 0. The number of esters is 1. The van der Waals surface area contributed by atoms with Crippen LogP contribution in [0.4, 0.5) is 0 Å². The molecule has 2 aliphatic rings. The number of carbonyl (C=O) groups excluding carboxylic acids is 2. The number of hydrogen-bond donors (Lipinski definition) is 0. The van der Waals surface area contributed by atoms with E-state index in [0.717, 1.165) is 38.6 Å². The van der Waals surface area contributed by atoms with Gasteiger partial charge >= 0.3 is 5.97 Å². The van der Waals surface area contributed by atoms with Crippen LogP contribution in [-0.2, 0) is 28.9 Å². The summed E-state index contributed by atoms with van der Waals surface area (Å²) < 4.78 is 4.83. The van der Waals surface area contributed by atoms with Crippen LogP contribution in [0.1, 0.15) is 46.3 Å². The van der Waals surface area contributed by atoms with Gasteiger partial charge in [-0.25, -0.2) is 4.79 Å². The second kappa shape index (κ2) is 7.18. The van der Waals surface area contributed by atoms with E-state index in [0.29, 0.717) is 18.0 Å². The van der Waals surface area contributed by atoms with Gasteiger partial charge in [-0.1, -0.05) is 36.4 Å². The molecule has 0 N–H and O–H groups in total. The first kappa shape index (κ1) is 17.8. The quantitative estimate of drug-likeness (QED) is 0.780. The minimum Gasteiger partial charge on any atom is -0.465 e. The Hall–Kier alpha value is -2.62. The Labute approximate surface area is 160 Å². The van der Waals surface area contributed by atoms with Gasteiger partial charge in [-0.3, -0.25) is 4.79 Å². The Bertz CT molecular complexity index is 861. The summed E-state index contributed by atoms with van der Waals surface area (Å²) in [6.07, 6.45) is 4.47. The SMILES string of the molecule is COC(=O)c1ccc2c(c1)CCC1(CCCN(Cc3ccccc3)C1=O)C2. The van der Waals surface area contributed by atoms with E-state index in [-0.39, 0.29) is 11.4 Å². The first-order chi connectivity index (χ1) is 13.1. The summed E-state index contributed by atoms with van der Waals surface area (Å²) in [7, 11) is 1.40. The second-order valence-electron chi connectivity index (χ2n) is 7.75. The molecule has 4 heteroatoms. The molecule has 140 valence electrons. The minimum absolute atomic E-state index is 0.285. The third-order valence-corrected chi connectivity index (χ3v) is 6.07. The number of nitrogens with zero attached hydrogens (tertiary/aromatic N) is 1. The molecule has 1 atom stereocenters. The number of carbonyl (C=O) groups is 2. The second-order valence-corrected chi connectivity index (χ2v) is 7.75. The number of ether oxygens (including phenoxy) is 1. The molecule has 4 nitrogen and oxygen atoms in total. The molecule has 1 heterocycles. The van der Waals surface area contributed by atoms with Gasteiger partial charge in [-0.15, -0.1) is 0 Å². The van der Waals surface area contributed by atoms with Gasteiger partial charge in [0.1, 0.15) is 0 Å². The predicted molar refractivity (Wildman–Crippen MR) is 103 cm³/mol. The van der Waals surface area contributed by atoms with Gasteiger partial charge in [0.15, 0.2) is 0 Å². The van der Waals surface area contributed by atoms with Crippen molar-refractivity contribution in [1.29, 1.82) is 0 Å². The van der Waals surface area contributed by atoms with Crippen LogP contribution in [0.15, 0.2) is 48.5 Å². The van der Waals surface area contributed by atoms with Gasteiger partial charge in [0, 0.05) is 13.1 Å². The van der Waals surface area contributed by atoms with E-state index in [9.17, 15) is 9.59 Å². The Balaban J connectivity index is 1.55. The molecule has 4 rings (SSSR count). The molecule has 0 aromatic heterocycles. The molecule has 0 radical (unpaired) electrons. The Kier molecular flexibility index (Phi) is 4.73. The summed E-state index contributed by atoms with van der Waals surface area (Å²) >= 11 is 0. The number of amides is 1. The monoisotopic (exact) mass is 363 g/mol. The van der Waals surface area contributed by atoms with Gasteiger partial charge in [-0.2, -0.15) is 0 Å². The topological polar surface area (TPSA) is 46.6 Å². The maximum Gasteiger partial charge on any atom is 0.337 e. The molecule has 1 aliphatic heterocycles. The van der Waals surface area contributed by atoms with E-state index in [1.54, 1.807) is 0 Å². The van der Waals surface area contributed by atoms with E-state index in [1.165, 1.54) is 23.8 Å². The molecule has 0 bridgehead atoms. The predicted octanol–water partition coefficient (Wildman–Crippen LogP) is 3.77. The zero-order chi connectivity index (χ0) is 18.9. The molecule has 27 heavy (non-hydrogen) atoms. The molecule has 1 aliphatic carbocycles. The van der Waals surface area contributed by atoms with E-state index in [1.807, 2.05) is 41.3 Å². The number of rotatable bonds is 3. The molecular formula is C23H25NO3. The van der Waals surface area contributed by atoms with Crippen molar-refractivity contribution in [3.05, 3.63) is 70.8 Å². The number of methoxy groups -OCH3 is 1. The lowest BCUT2D eigenvalue weighted by atomic mass is 9.66. The molecule has 1 unspecified atom stereocenters. The average Bonchev–Trinajstić information content (AvgIpc) is 2.71. The van der Waals surface area contributed by atoms with E-state index >= 15 is 0 Å². The van der Waals surface area contributed by atoms with E-state index in [4.69, 9.17) is 4.74 Å². The summed E-state index contributed by atoms with van der Waals surface area (Å²) in [5.41, 5.74) is 3.86. The average molecular weight is 363 g/mol. The van der Waals surface area contributed by atoms with Crippen molar-refractivity contribution < 1.29 is 14.3 Å². The third kappa shape index (κ3) is 3.36. The molecule has 0 saturated carbocycles. The van der Waals surface area contributed by atoms with Crippen molar-refractivity contribution in [2.45, 2.75) is 38.6 Å². The highest BCUT2D eigenvalue weighted by Crippen LogP contribution is 2.43. The van der Waals surface area contributed by atoms with Crippen LogP contribution < -0.4 is 0 Å². The fraction of sp³-hybridized carbons (Fsp3) is 0.391. The molecule has 2 aromatic carbocycles. The van der Waals surface area contributed by atoms with Gasteiger partial charge in [-0.05, 0) is 60.9 Å². The number of benzene rings is 2. The van der Waals surface area contributed by atoms with Crippen molar-refractivity contribution in [1.82, 2.24) is 4.90 Å². The third-order valence-electron chi connectivity index (χ3n) is 6.07. The number of hydrogen-bond acceptors (Lipinski definition) is 3. The van der Waals surface area contributed by atoms with Crippen LogP contribution in [0.2, 0.25) is 0 Å². The van der Waals surface area contributed by atoms with Crippen molar-refractivity contribution >= 4 is 11.9 Å². The minimum atomic E-state index is -0.305. The fourth-order valence-electron chi connectivity index (χ4n) is 4.61. The Morgan fingerprint density at radius 1 is 1.11 bits per heavy atom. The van der Waals surface area contributed by atoms with Crippen LogP contribution in [0.3, 0.4) is 0 Å². The lowest BCUT2D eigenvalue weighted by molar-refractivity contribution is -0.148. The lowest BCUT2D eigenvalue weighted by Crippen LogP contribution is -2.50. The van der Waals surface area contributed by atoms with Crippen molar-refractivity contribution in [2.24, 2.45) is 5.41 Å². The highest BCUT2D eigenvalue weighted by molar-refractivity contribution is 5.90. The first-order valence-electron chi connectivity index (χ1n) is 9.65. The summed E-state index contributed by atoms with van der Waals surface area (Å²) in [6, 6.07) is 16.0.